The van der Waals surface area contributed by atoms with Crippen molar-refractivity contribution in [3.8, 4) is 0 Å². The Morgan fingerprint density at radius 3 is 2.25 bits per heavy atom. The van der Waals surface area contributed by atoms with Crippen molar-refractivity contribution < 1.29 is 19.1 Å². The van der Waals surface area contributed by atoms with Crippen molar-refractivity contribution in [1.82, 2.24) is 5.32 Å². The van der Waals surface area contributed by atoms with Gasteiger partial charge in [0, 0.05) is 30.8 Å². The van der Waals surface area contributed by atoms with Gasteiger partial charge in [-0.25, -0.2) is 4.79 Å². The van der Waals surface area contributed by atoms with E-state index < -0.39 is 11.8 Å². The van der Waals surface area contributed by atoms with Crippen molar-refractivity contribution >= 4 is 35.3 Å². The third-order valence-electron chi connectivity index (χ3n) is 2.81. The van der Waals surface area contributed by atoms with Gasteiger partial charge in [0.25, 0.3) is 0 Å². The molecule has 5 N–H and O–H groups in total. The smallest absolute Gasteiger partial charge is 0.374 e. The number of Topliss-reactive ketones (excluding diaryl/α,β-unsaturated/α-hetero) is 1. The first-order valence-corrected chi connectivity index (χ1v) is 8.56. The molecular weight excluding hydrogens is 330 g/mol. The number of amides is 1. The number of benzene rings is 1. The lowest BCUT2D eigenvalue weighted by molar-refractivity contribution is -0.151. The number of hydrogen-bond acceptors (Lipinski definition) is 7. The molecule has 0 spiro atoms. The number of para-hydroxylation sites is 1. The van der Waals surface area contributed by atoms with E-state index in [1.54, 1.807) is 0 Å². The van der Waals surface area contributed by atoms with Gasteiger partial charge in [-0.05, 0) is 25.0 Å². The molecule has 134 valence electrons. The molecule has 0 bridgehead atoms. The van der Waals surface area contributed by atoms with E-state index in [9.17, 15) is 14.4 Å². The van der Waals surface area contributed by atoms with Crippen LogP contribution < -0.4 is 16.2 Å². The van der Waals surface area contributed by atoms with Crippen LogP contribution in [0, 0.1) is 0 Å². The van der Waals surface area contributed by atoms with Crippen molar-refractivity contribution in [2.24, 2.45) is 5.14 Å². The third kappa shape index (κ3) is 12.5. The van der Waals surface area contributed by atoms with Crippen LogP contribution in [0.1, 0.15) is 25.7 Å². The molecule has 1 rings (SSSR count). The lowest BCUT2D eigenvalue weighted by atomic mass is 10.1. The zero-order chi connectivity index (χ0) is 18.2. The highest BCUT2D eigenvalue weighted by Gasteiger charge is 2.12. The number of nitrogens with one attached hydrogen (secondary N) is 1. The van der Waals surface area contributed by atoms with Gasteiger partial charge in [0.2, 0.25) is 11.7 Å². The summed E-state index contributed by atoms with van der Waals surface area (Å²) in [5.74, 6) is -0.765. The summed E-state index contributed by atoms with van der Waals surface area (Å²) in [6.45, 7) is 0.543. The van der Waals surface area contributed by atoms with E-state index >= 15 is 0 Å². The molecule has 0 saturated carbocycles. The van der Waals surface area contributed by atoms with E-state index in [1.165, 1.54) is 19.1 Å². The maximum absolute atomic E-state index is 11.2. The van der Waals surface area contributed by atoms with Gasteiger partial charge in [0.1, 0.15) is 0 Å². The maximum Gasteiger partial charge on any atom is 0.374 e. The highest BCUT2D eigenvalue weighted by molar-refractivity contribution is 7.97. The van der Waals surface area contributed by atoms with Gasteiger partial charge in [0.05, 0.1) is 7.11 Å². The second-order valence-corrected chi connectivity index (χ2v) is 5.49. The molecule has 0 atom stereocenters. The zero-order valence-corrected chi connectivity index (χ0v) is 14.6. The average molecular weight is 355 g/mol. The molecule has 0 unspecified atom stereocenters. The average Bonchev–Trinajstić information content (AvgIpc) is 2.59. The first-order chi connectivity index (χ1) is 11.5. The van der Waals surface area contributed by atoms with Crippen LogP contribution in [-0.4, -0.2) is 37.1 Å². The molecule has 0 aliphatic carbocycles. The Hall–Kier alpha value is -2.06. The molecule has 24 heavy (non-hydrogen) atoms. The van der Waals surface area contributed by atoms with Crippen LogP contribution in [0.15, 0.2) is 30.3 Å². The molecule has 0 aromatic heterocycles. The van der Waals surface area contributed by atoms with Gasteiger partial charge >= 0.3 is 5.97 Å². The molecule has 8 heteroatoms. The highest BCUT2D eigenvalue weighted by Crippen LogP contribution is 2.01. The Kier molecular flexibility index (Phi) is 13.3. The maximum atomic E-state index is 11.2. The molecule has 7 nitrogen and oxygen atoms in total. The molecular formula is C16H25N3O4S. The quantitative estimate of drug-likeness (QED) is 0.200. The number of esters is 1. The number of ketones is 1. The normalized spacial score (nSPS) is 9.42. The first kappa shape index (κ1) is 21.9. The number of carbonyl (C=O) groups excluding carboxylic acids is 3. The summed E-state index contributed by atoms with van der Waals surface area (Å²) in [4.78, 5) is 33.0. The third-order valence-corrected chi connectivity index (χ3v) is 3.25. The zero-order valence-electron chi connectivity index (χ0n) is 13.8. The topological polar surface area (TPSA) is 125 Å². The van der Waals surface area contributed by atoms with Crippen LogP contribution in [0.25, 0.3) is 0 Å². The van der Waals surface area contributed by atoms with E-state index in [0.29, 0.717) is 31.6 Å². The molecule has 0 aliphatic rings. The Morgan fingerprint density at radius 1 is 1.12 bits per heavy atom. The van der Waals surface area contributed by atoms with Crippen LogP contribution in [0.4, 0.5) is 5.69 Å². The standard InChI is InChI=1S/C10H18N2O4S.C6H7N/c1-16-10(15)8(13)4-2-3-5-9(14)12-6-7-17-11;7-6-4-2-1-3-5-6/h2-7,11H2,1H3,(H,12,14);1-5H,7H2. The molecule has 1 amide bonds. The number of hydrogen-bond donors (Lipinski definition) is 3. The summed E-state index contributed by atoms with van der Waals surface area (Å²) in [5, 5.41) is 7.88. The van der Waals surface area contributed by atoms with Crippen molar-refractivity contribution in [1.29, 1.82) is 0 Å². The summed E-state index contributed by atoms with van der Waals surface area (Å²) in [6, 6.07) is 9.49. The lowest BCUT2D eigenvalue weighted by Crippen LogP contribution is -2.25. The van der Waals surface area contributed by atoms with E-state index in [4.69, 9.17) is 10.9 Å². The van der Waals surface area contributed by atoms with Crippen LogP contribution in [0.3, 0.4) is 0 Å². The van der Waals surface area contributed by atoms with Crippen molar-refractivity contribution in [3.05, 3.63) is 30.3 Å². The Bertz CT molecular complexity index is 497. The molecule has 1 aromatic carbocycles. The fourth-order valence-corrected chi connectivity index (χ4v) is 1.80. The van der Waals surface area contributed by atoms with Gasteiger partial charge in [-0.2, -0.15) is 0 Å². The summed E-state index contributed by atoms with van der Waals surface area (Å²) in [6.07, 6.45) is 1.56. The van der Waals surface area contributed by atoms with Crippen molar-refractivity contribution in [2.75, 3.05) is 25.1 Å². The minimum atomic E-state index is -0.825. The minimum Gasteiger partial charge on any atom is -0.463 e. The SMILES string of the molecule is COC(=O)C(=O)CCCCC(=O)NCCSN.Nc1ccccc1. The van der Waals surface area contributed by atoms with Crippen LogP contribution in [0.2, 0.25) is 0 Å². The molecule has 0 aliphatic heterocycles. The van der Waals surface area contributed by atoms with Gasteiger partial charge in [-0.15, -0.1) is 0 Å². The summed E-state index contributed by atoms with van der Waals surface area (Å²) in [5.41, 5.74) is 6.18. The predicted molar refractivity (Wildman–Crippen MR) is 96.0 cm³/mol. The lowest BCUT2D eigenvalue weighted by Gasteiger charge is -2.03. The molecule has 1 aromatic rings. The molecule has 0 radical (unpaired) electrons. The number of methoxy groups -OCH3 is 1. The van der Waals surface area contributed by atoms with Gasteiger partial charge in [0.15, 0.2) is 0 Å². The van der Waals surface area contributed by atoms with Crippen LogP contribution >= 0.6 is 11.9 Å². The number of anilines is 1. The van der Waals surface area contributed by atoms with Gasteiger partial charge < -0.3 is 15.8 Å². The summed E-state index contributed by atoms with van der Waals surface area (Å²) >= 11 is 1.17. The number of unbranched alkanes of at least 4 members (excludes halogenated alkanes) is 1. The predicted octanol–water partition coefficient (Wildman–Crippen LogP) is 1.28. The fourth-order valence-electron chi connectivity index (χ4n) is 1.58. The van der Waals surface area contributed by atoms with E-state index in [1.807, 2.05) is 30.3 Å². The molecule has 0 saturated heterocycles. The number of carbonyl (C=O) groups is 3. The van der Waals surface area contributed by atoms with E-state index in [0.717, 1.165) is 5.69 Å². The van der Waals surface area contributed by atoms with E-state index in [-0.39, 0.29) is 12.3 Å². The number of nitrogen functional groups attached to an aromatic ring is 1. The van der Waals surface area contributed by atoms with Crippen molar-refractivity contribution in [2.45, 2.75) is 25.7 Å². The fraction of sp³-hybridized carbons (Fsp3) is 0.438. The Morgan fingerprint density at radius 2 is 1.75 bits per heavy atom. The second-order valence-electron chi connectivity index (χ2n) is 4.75. The number of nitrogens with two attached hydrogens (primary N) is 2. The van der Waals surface area contributed by atoms with Crippen LogP contribution in [-0.2, 0) is 19.1 Å². The summed E-state index contributed by atoms with van der Waals surface area (Å²) < 4.78 is 4.27. The highest BCUT2D eigenvalue weighted by atomic mass is 32.2. The van der Waals surface area contributed by atoms with Gasteiger partial charge in [-0.1, -0.05) is 30.1 Å². The Balaban J connectivity index is 0.000000620. The summed E-state index contributed by atoms with van der Waals surface area (Å²) in [7, 11) is 1.17. The molecule has 0 fully saturated rings. The first-order valence-electron chi connectivity index (χ1n) is 7.51. The largest absolute Gasteiger partial charge is 0.463 e. The number of ether oxygens (including phenoxy) is 1. The second kappa shape index (κ2) is 14.5. The van der Waals surface area contributed by atoms with Crippen LogP contribution in [0.5, 0.6) is 0 Å². The van der Waals surface area contributed by atoms with Gasteiger partial charge in [-0.3, -0.25) is 14.7 Å². The number of rotatable bonds is 9. The molecule has 0 heterocycles. The van der Waals surface area contributed by atoms with Crippen molar-refractivity contribution in [3.63, 3.8) is 0 Å². The minimum absolute atomic E-state index is 0.0652. The monoisotopic (exact) mass is 355 g/mol. The Labute approximate surface area is 146 Å². The van der Waals surface area contributed by atoms with E-state index in [2.05, 4.69) is 10.1 Å².